The highest BCUT2D eigenvalue weighted by atomic mass is 32.1. The Morgan fingerprint density at radius 3 is 2.33 bits per heavy atom. The van der Waals surface area contributed by atoms with Crippen LogP contribution in [0.3, 0.4) is 0 Å². The Bertz CT molecular complexity index is 1490. The number of hydrogen-bond donors (Lipinski definition) is 2. The molecule has 7 heteroatoms. The minimum Gasteiger partial charge on any atom is -0.352 e. The van der Waals surface area contributed by atoms with Gasteiger partial charge in [-0.3, -0.25) is 9.78 Å². The lowest BCUT2D eigenvalue weighted by Crippen LogP contribution is -2.32. The first-order valence-electron chi connectivity index (χ1n) is 13.3. The second-order valence-corrected chi connectivity index (χ2v) is 10.9. The van der Waals surface area contributed by atoms with E-state index in [2.05, 4.69) is 77.0 Å². The molecule has 2 aromatic heterocycles. The zero-order valence-electron chi connectivity index (χ0n) is 23.2. The predicted molar refractivity (Wildman–Crippen MR) is 161 cm³/mol. The molecule has 200 valence electrons. The third kappa shape index (κ3) is 5.59. The van der Waals surface area contributed by atoms with Gasteiger partial charge in [0.1, 0.15) is 0 Å². The smallest absolute Gasteiger partial charge is 0.226 e. The van der Waals surface area contributed by atoms with Crippen molar-refractivity contribution in [3.8, 4) is 5.69 Å². The van der Waals surface area contributed by atoms with E-state index in [0.29, 0.717) is 18.1 Å². The maximum Gasteiger partial charge on any atom is 0.226 e. The lowest BCUT2D eigenvalue weighted by atomic mass is 9.96. The van der Waals surface area contributed by atoms with E-state index in [4.69, 9.17) is 12.2 Å². The van der Waals surface area contributed by atoms with Crippen molar-refractivity contribution in [3.63, 3.8) is 0 Å². The van der Waals surface area contributed by atoms with Crippen molar-refractivity contribution in [2.75, 3.05) is 11.9 Å². The van der Waals surface area contributed by atoms with E-state index < -0.39 is 0 Å². The van der Waals surface area contributed by atoms with Crippen LogP contribution in [0.1, 0.15) is 57.8 Å². The minimum absolute atomic E-state index is 0.0394. The van der Waals surface area contributed by atoms with Gasteiger partial charge >= 0.3 is 0 Å². The molecule has 1 amide bonds. The Kier molecular flexibility index (Phi) is 7.53. The van der Waals surface area contributed by atoms with Crippen molar-refractivity contribution in [1.82, 2.24) is 19.8 Å². The molecule has 0 radical (unpaired) electrons. The molecular formula is C32H35N5OS. The zero-order chi connectivity index (χ0) is 27.7. The summed E-state index contributed by atoms with van der Waals surface area (Å²) in [6, 6.07) is 22.4. The molecule has 39 heavy (non-hydrogen) atoms. The molecule has 1 fully saturated rings. The number of aromatic nitrogens is 2. The van der Waals surface area contributed by atoms with Crippen molar-refractivity contribution >= 4 is 28.9 Å². The van der Waals surface area contributed by atoms with E-state index in [9.17, 15) is 4.79 Å². The van der Waals surface area contributed by atoms with Gasteiger partial charge in [-0.15, -0.1) is 0 Å². The maximum atomic E-state index is 12.9. The highest BCUT2D eigenvalue weighted by Gasteiger charge is 2.41. The Morgan fingerprint density at radius 1 is 0.949 bits per heavy atom. The van der Waals surface area contributed by atoms with Crippen molar-refractivity contribution < 1.29 is 4.79 Å². The second kappa shape index (κ2) is 11.0. The molecule has 3 heterocycles. The molecule has 0 aliphatic carbocycles. The minimum atomic E-state index is -0.132. The standard InChI is InChI=1S/C32H35N5OS/c1-20-9-11-25(12-10-20)34-29(38)13-15-36-31(30(35-32(36)39)28-8-6-7-14-33-28)27-19-23(4)37(24(27)5)26-17-21(2)16-22(3)18-26/h6-12,14,16-19,30-31H,13,15H2,1-5H3,(H,34,38)(H,35,39)/t30-,31-/m0/s1. The van der Waals surface area contributed by atoms with Crippen molar-refractivity contribution in [3.05, 3.63) is 112 Å². The van der Waals surface area contributed by atoms with E-state index in [1.807, 2.05) is 55.6 Å². The summed E-state index contributed by atoms with van der Waals surface area (Å²) in [7, 11) is 0. The molecule has 5 rings (SSSR count). The largest absolute Gasteiger partial charge is 0.352 e. The molecule has 6 nitrogen and oxygen atoms in total. The number of aryl methyl sites for hydroxylation is 4. The van der Waals surface area contributed by atoms with Crippen LogP contribution in [0.2, 0.25) is 0 Å². The number of benzene rings is 2. The van der Waals surface area contributed by atoms with Gasteiger partial charge in [0, 0.05) is 41.9 Å². The topological polar surface area (TPSA) is 62.2 Å². The van der Waals surface area contributed by atoms with Gasteiger partial charge in [-0.25, -0.2) is 0 Å². The van der Waals surface area contributed by atoms with Crippen LogP contribution in [0, 0.1) is 34.6 Å². The molecule has 2 atom stereocenters. The summed E-state index contributed by atoms with van der Waals surface area (Å²) < 4.78 is 2.31. The number of carbonyl (C=O) groups is 1. The number of anilines is 1. The van der Waals surface area contributed by atoms with E-state index in [1.54, 1.807) is 0 Å². The average Bonchev–Trinajstić information content (AvgIpc) is 3.38. The first-order valence-corrected chi connectivity index (χ1v) is 13.7. The summed E-state index contributed by atoms with van der Waals surface area (Å²) in [5.74, 6) is -0.0394. The summed E-state index contributed by atoms with van der Waals surface area (Å²) in [4.78, 5) is 19.7. The van der Waals surface area contributed by atoms with Gasteiger partial charge in [0.05, 0.1) is 17.8 Å². The predicted octanol–water partition coefficient (Wildman–Crippen LogP) is 6.42. The van der Waals surface area contributed by atoms with Crippen LogP contribution in [0.4, 0.5) is 5.69 Å². The molecule has 1 aliphatic heterocycles. The summed E-state index contributed by atoms with van der Waals surface area (Å²) in [6.07, 6.45) is 2.13. The van der Waals surface area contributed by atoms with Gasteiger partial charge in [0.15, 0.2) is 5.11 Å². The maximum absolute atomic E-state index is 12.9. The van der Waals surface area contributed by atoms with Crippen LogP contribution < -0.4 is 10.6 Å². The molecule has 0 spiro atoms. The third-order valence-electron chi connectivity index (χ3n) is 7.37. The number of rotatable bonds is 7. The van der Waals surface area contributed by atoms with Gasteiger partial charge in [-0.05, 0) is 106 Å². The molecule has 1 aliphatic rings. The van der Waals surface area contributed by atoms with Gasteiger partial charge in [0.25, 0.3) is 0 Å². The highest BCUT2D eigenvalue weighted by Crippen LogP contribution is 2.41. The lowest BCUT2D eigenvalue weighted by molar-refractivity contribution is -0.116. The first kappa shape index (κ1) is 26.6. The molecule has 4 aromatic rings. The SMILES string of the molecule is Cc1ccc(NC(=O)CCN2C(=S)N[C@@H](c3ccccn3)[C@@H]2c2cc(C)n(-c3cc(C)cc(C)c3)c2C)cc1. The first-order chi connectivity index (χ1) is 18.7. The third-order valence-corrected chi connectivity index (χ3v) is 7.72. The molecule has 0 bridgehead atoms. The number of hydrogen-bond acceptors (Lipinski definition) is 3. The van der Waals surface area contributed by atoms with Crippen LogP contribution in [0.5, 0.6) is 0 Å². The fraction of sp³-hybridized carbons (Fsp3) is 0.281. The lowest BCUT2D eigenvalue weighted by Gasteiger charge is -2.28. The van der Waals surface area contributed by atoms with Crippen LogP contribution in [-0.2, 0) is 4.79 Å². The van der Waals surface area contributed by atoms with E-state index in [-0.39, 0.29) is 18.0 Å². The Hall–Kier alpha value is -3.97. The molecule has 2 aromatic carbocycles. The molecule has 1 saturated heterocycles. The fourth-order valence-corrected chi connectivity index (χ4v) is 5.96. The number of amides is 1. The second-order valence-electron chi connectivity index (χ2n) is 10.5. The molecule has 0 unspecified atom stereocenters. The molecular weight excluding hydrogens is 502 g/mol. The van der Waals surface area contributed by atoms with Gasteiger partial charge < -0.3 is 20.1 Å². The van der Waals surface area contributed by atoms with Gasteiger partial charge in [-0.1, -0.05) is 29.8 Å². The van der Waals surface area contributed by atoms with Gasteiger partial charge in [0.2, 0.25) is 5.91 Å². The number of carbonyl (C=O) groups excluding carboxylic acids is 1. The van der Waals surface area contributed by atoms with Gasteiger partial charge in [-0.2, -0.15) is 0 Å². The monoisotopic (exact) mass is 537 g/mol. The molecule has 2 N–H and O–H groups in total. The Morgan fingerprint density at radius 2 is 1.67 bits per heavy atom. The summed E-state index contributed by atoms with van der Waals surface area (Å²) in [5, 5.41) is 7.17. The number of pyridine rings is 1. The number of thiocarbonyl (C=S) groups is 1. The van der Waals surface area contributed by atoms with Crippen molar-refractivity contribution in [2.45, 2.75) is 53.1 Å². The fourth-order valence-electron chi connectivity index (χ4n) is 5.63. The van der Waals surface area contributed by atoms with Crippen LogP contribution in [0.25, 0.3) is 5.69 Å². The Balaban J connectivity index is 1.48. The number of nitrogens with zero attached hydrogens (tertiary/aromatic N) is 3. The quantitative estimate of drug-likeness (QED) is 0.267. The number of nitrogens with one attached hydrogen (secondary N) is 2. The molecule has 0 saturated carbocycles. The van der Waals surface area contributed by atoms with E-state index in [0.717, 1.165) is 34.0 Å². The average molecular weight is 538 g/mol. The normalized spacial score (nSPS) is 16.8. The van der Waals surface area contributed by atoms with E-state index in [1.165, 1.54) is 16.7 Å². The van der Waals surface area contributed by atoms with Crippen molar-refractivity contribution in [1.29, 1.82) is 0 Å². The van der Waals surface area contributed by atoms with Crippen LogP contribution >= 0.6 is 12.2 Å². The zero-order valence-corrected chi connectivity index (χ0v) is 24.0. The van der Waals surface area contributed by atoms with Crippen LogP contribution in [-0.4, -0.2) is 32.0 Å². The van der Waals surface area contributed by atoms with Crippen LogP contribution in [0.15, 0.2) is 72.9 Å². The van der Waals surface area contributed by atoms with Crippen molar-refractivity contribution in [2.24, 2.45) is 0 Å². The highest BCUT2D eigenvalue weighted by molar-refractivity contribution is 7.80. The summed E-state index contributed by atoms with van der Waals surface area (Å²) in [5.41, 5.74) is 9.98. The van der Waals surface area contributed by atoms with E-state index >= 15 is 0 Å². The Labute approximate surface area is 236 Å². The summed E-state index contributed by atoms with van der Waals surface area (Å²) >= 11 is 5.85. The summed E-state index contributed by atoms with van der Waals surface area (Å²) in [6.45, 7) is 11.1.